The molecule has 0 spiro atoms. The minimum Gasteiger partial charge on any atom is -0.317 e. The average molecular weight is 314 g/mol. The number of nitrogens with one attached hydrogen (secondary N) is 1. The highest BCUT2D eigenvalue weighted by atomic mass is 79.9. The van der Waals surface area contributed by atoms with E-state index in [2.05, 4.69) is 28.2 Å². The van der Waals surface area contributed by atoms with E-state index >= 15 is 0 Å². The molecule has 0 amide bonds. The highest BCUT2D eigenvalue weighted by Gasteiger charge is 2.27. The molecule has 100 valence electrons. The lowest BCUT2D eigenvalue weighted by Gasteiger charge is -2.20. The molecule has 1 aliphatic carbocycles. The van der Waals surface area contributed by atoms with E-state index in [1.807, 2.05) is 6.07 Å². The summed E-state index contributed by atoms with van der Waals surface area (Å²) in [4.78, 5) is 0. The number of rotatable bonds is 5. The van der Waals surface area contributed by atoms with Crippen molar-refractivity contribution in [1.82, 2.24) is 5.32 Å². The van der Waals surface area contributed by atoms with Crippen molar-refractivity contribution in [2.75, 3.05) is 13.1 Å². The number of hydrogen-bond donors (Lipinski definition) is 1. The second kappa shape index (κ2) is 6.67. The van der Waals surface area contributed by atoms with Crippen LogP contribution in [0.2, 0.25) is 0 Å². The fraction of sp³-hybridized carbons (Fsp3) is 0.600. The molecule has 1 nitrogen and oxygen atoms in total. The second-order valence-corrected chi connectivity index (χ2v) is 6.05. The van der Waals surface area contributed by atoms with Gasteiger partial charge in [-0.15, -0.1) is 0 Å². The molecule has 0 aliphatic heterocycles. The summed E-state index contributed by atoms with van der Waals surface area (Å²) in [5.74, 6) is 1.36. The fourth-order valence-corrected chi connectivity index (χ4v) is 3.46. The molecule has 2 unspecified atom stereocenters. The Morgan fingerprint density at radius 2 is 2.11 bits per heavy atom. The van der Waals surface area contributed by atoms with Crippen molar-refractivity contribution in [3.8, 4) is 0 Å². The predicted molar refractivity (Wildman–Crippen MR) is 77.2 cm³/mol. The highest BCUT2D eigenvalue weighted by molar-refractivity contribution is 9.10. The standard InChI is InChI=1S/C15H21BrFN/c1-2-18-10-13-5-3-4-11(13)8-12-6-7-14(17)9-15(12)16/h6-7,9,11,13,18H,2-5,8,10H2,1H3. The van der Waals surface area contributed by atoms with Gasteiger partial charge in [0.2, 0.25) is 0 Å². The molecule has 0 bridgehead atoms. The summed E-state index contributed by atoms with van der Waals surface area (Å²) in [5, 5.41) is 3.46. The SMILES string of the molecule is CCNCC1CCCC1Cc1ccc(F)cc1Br. The van der Waals surface area contributed by atoms with Gasteiger partial charge in [-0.05, 0) is 61.9 Å². The van der Waals surface area contributed by atoms with Crippen LogP contribution in [0.15, 0.2) is 22.7 Å². The maximum atomic E-state index is 13.1. The van der Waals surface area contributed by atoms with Crippen LogP contribution < -0.4 is 5.32 Å². The molecule has 1 aromatic rings. The largest absolute Gasteiger partial charge is 0.317 e. The Hall–Kier alpha value is -0.410. The van der Waals surface area contributed by atoms with Gasteiger partial charge in [-0.1, -0.05) is 35.3 Å². The first-order valence-corrected chi connectivity index (χ1v) is 7.64. The van der Waals surface area contributed by atoms with Crippen LogP contribution in [-0.2, 0) is 6.42 Å². The van der Waals surface area contributed by atoms with Gasteiger partial charge in [-0.3, -0.25) is 0 Å². The molecular weight excluding hydrogens is 293 g/mol. The molecule has 0 radical (unpaired) electrons. The zero-order valence-electron chi connectivity index (χ0n) is 10.9. The molecule has 0 heterocycles. The molecule has 3 heteroatoms. The molecular formula is C15H21BrFN. The Morgan fingerprint density at radius 1 is 1.33 bits per heavy atom. The minimum absolute atomic E-state index is 0.166. The second-order valence-electron chi connectivity index (χ2n) is 5.20. The molecule has 18 heavy (non-hydrogen) atoms. The van der Waals surface area contributed by atoms with E-state index < -0.39 is 0 Å². The van der Waals surface area contributed by atoms with Gasteiger partial charge in [0.05, 0.1) is 0 Å². The van der Waals surface area contributed by atoms with Crippen molar-refractivity contribution in [1.29, 1.82) is 0 Å². The maximum absolute atomic E-state index is 13.1. The zero-order chi connectivity index (χ0) is 13.0. The van der Waals surface area contributed by atoms with Gasteiger partial charge < -0.3 is 5.32 Å². The van der Waals surface area contributed by atoms with Crippen molar-refractivity contribution in [3.63, 3.8) is 0 Å². The van der Waals surface area contributed by atoms with E-state index in [0.717, 1.165) is 35.8 Å². The highest BCUT2D eigenvalue weighted by Crippen LogP contribution is 2.35. The van der Waals surface area contributed by atoms with Gasteiger partial charge in [0, 0.05) is 4.47 Å². The van der Waals surface area contributed by atoms with Gasteiger partial charge in [0.25, 0.3) is 0 Å². The maximum Gasteiger partial charge on any atom is 0.124 e. The Kier molecular flexibility index (Phi) is 5.19. The van der Waals surface area contributed by atoms with E-state index in [-0.39, 0.29) is 5.82 Å². The lowest BCUT2D eigenvalue weighted by Crippen LogP contribution is -2.26. The van der Waals surface area contributed by atoms with E-state index in [4.69, 9.17) is 0 Å². The summed E-state index contributed by atoms with van der Waals surface area (Å²) in [5.41, 5.74) is 1.24. The van der Waals surface area contributed by atoms with Crippen molar-refractivity contribution < 1.29 is 4.39 Å². The normalized spacial score (nSPS) is 23.5. The van der Waals surface area contributed by atoms with Crippen LogP contribution in [0.1, 0.15) is 31.7 Å². The van der Waals surface area contributed by atoms with E-state index in [0.29, 0.717) is 0 Å². The summed E-state index contributed by atoms with van der Waals surface area (Å²) >= 11 is 3.47. The van der Waals surface area contributed by atoms with Gasteiger partial charge in [-0.2, -0.15) is 0 Å². The third-order valence-corrected chi connectivity index (χ3v) is 4.71. The topological polar surface area (TPSA) is 12.0 Å². The first kappa shape index (κ1) is 14.0. The number of benzene rings is 1. The Labute approximate surface area is 117 Å². The van der Waals surface area contributed by atoms with Crippen LogP contribution in [0, 0.1) is 17.7 Å². The predicted octanol–water partition coefficient (Wildman–Crippen LogP) is 4.16. The first-order valence-electron chi connectivity index (χ1n) is 6.85. The van der Waals surface area contributed by atoms with E-state index in [1.54, 1.807) is 12.1 Å². The molecule has 1 N–H and O–H groups in total. The van der Waals surface area contributed by atoms with Crippen LogP contribution in [0.3, 0.4) is 0 Å². The molecule has 2 atom stereocenters. The number of hydrogen-bond acceptors (Lipinski definition) is 1. The third kappa shape index (κ3) is 3.55. The van der Waals surface area contributed by atoms with Gasteiger partial charge >= 0.3 is 0 Å². The zero-order valence-corrected chi connectivity index (χ0v) is 12.5. The summed E-state index contributed by atoms with van der Waals surface area (Å²) in [6.45, 7) is 4.32. The monoisotopic (exact) mass is 313 g/mol. The summed E-state index contributed by atoms with van der Waals surface area (Å²) in [7, 11) is 0. The summed E-state index contributed by atoms with van der Waals surface area (Å²) < 4.78 is 14.0. The van der Waals surface area contributed by atoms with Crippen LogP contribution in [-0.4, -0.2) is 13.1 Å². The average Bonchev–Trinajstić information content (AvgIpc) is 2.77. The Bertz CT molecular complexity index is 394. The Morgan fingerprint density at radius 3 is 2.83 bits per heavy atom. The summed E-state index contributed by atoms with van der Waals surface area (Å²) in [6, 6.07) is 5.06. The molecule has 2 rings (SSSR count). The third-order valence-electron chi connectivity index (χ3n) is 3.97. The van der Waals surface area contributed by atoms with Crippen molar-refractivity contribution in [2.45, 2.75) is 32.6 Å². The molecule has 0 aromatic heterocycles. The first-order chi connectivity index (χ1) is 8.70. The number of halogens is 2. The molecule has 1 saturated carbocycles. The molecule has 0 saturated heterocycles. The van der Waals surface area contributed by atoms with Crippen LogP contribution in [0.5, 0.6) is 0 Å². The van der Waals surface area contributed by atoms with Crippen LogP contribution >= 0.6 is 15.9 Å². The van der Waals surface area contributed by atoms with Crippen molar-refractivity contribution in [2.24, 2.45) is 11.8 Å². The lowest BCUT2D eigenvalue weighted by atomic mass is 9.89. The van der Waals surface area contributed by atoms with Crippen LogP contribution in [0.4, 0.5) is 4.39 Å². The fourth-order valence-electron chi connectivity index (χ4n) is 2.95. The van der Waals surface area contributed by atoms with Gasteiger partial charge in [0.1, 0.15) is 5.82 Å². The smallest absolute Gasteiger partial charge is 0.124 e. The van der Waals surface area contributed by atoms with Crippen LogP contribution in [0.25, 0.3) is 0 Å². The Balaban J connectivity index is 1.99. The van der Waals surface area contributed by atoms with E-state index in [9.17, 15) is 4.39 Å². The van der Waals surface area contributed by atoms with Gasteiger partial charge in [-0.25, -0.2) is 4.39 Å². The van der Waals surface area contributed by atoms with E-state index in [1.165, 1.54) is 24.8 Å². The van der Waals surface area contributed by atoms with Gasteiger partial charge in [0.15, 0.2) is 0 Å². The molecule has 1 fully saturated rings. The molecule has 1 aromatic carbocycles. The minimum atomic E-state index is -0.166. The quantitative estimate of drug-likeness (QED) is 0.860. The molecule has 1 aliphatic rings. The van der Waals surface area contributed by atoms with Crippen molar-refractivity contribution >= 4 is 15.9 Å². The summed E-state index contributed by atoms with van der Waals surface area (Å²) in [6.07, 6.45) is 5.03. The lowest BCUT2D eigenvalue weighted by molar-refractivity contribution is 0.367. The van der Waals surface area contributed by atoms with Crippen molar-refractivity contribution in [3.05, 3.63) is 34.1 Å².